The van der Waals surface area contributed by atoms with Gasteiger partial charge in [0.2, 0.25) is 0 Å². The van der Waals surface area contributed by atoms with E-state index in [2.05, 4.69) is 0 Å². The Morgan fingerprint density at radius 1 is 0.812 bits per heavy atom. The average molecular weight is 428 g/mol. The van der Waals surface area contributed by atoms with E-state index in [1.165, 1.54) is 0 Å². The molecule has 4 rings (SSSR count). The normalized spacial score (nSPS) is 14.5. The molecule has 1 aliphatic rings. The molecule has 0 saturated carbocycles. The molecule has 162 valence electrons. The second-order valence-electron chi connectivity index (χ2n) is 7.28. The molecule has 32 heavy (non-hydrogen) atoms. The van der Waals surface area contributed by atoms with Crippen LogP contribution >= 0.6 is 0 Å². The summed E-state index contributed by atoms with van der Waals surface area (Å²) in [5.41, 5.74) is 3.75. The number of rotatable bonds is 6. The van der Waals surface area contributed by atoms with Gasteiger partial charge in [-0.2, -0.15) is 0 Å². The molecular weight excluding hydrogens is 404 g/mol. The number of amidine groups is 1. The summed E-state index contributed by atoms with van der Waals surface area (Å²) in [4.78, 5) is 19.8. The highest BCUT2D eigenvalue weighted by Gasteiger charge is 2.32. The number of anilines is 1. The smallest absolute Gasteiger partial charge is 0.282 e. The molecule has 0 saturated heterocycles. The number of methoxy groups -OCH3 is 3. The summed E-state index contributed by atoms with van der Waals surface area (Å²) in [6.45, 7) is 2.02. The van der Waals surface area contributed by atoms with Gasteiger partial charge in [-0.25, -0.2) is 4.99 Å². The Morgan fingerprint density at radius 3 is 2.09 bits per heavy atom. The molecule has 6 nitrogen and oxygen atoms in total. The standard InChI is InChI=1S/C26H24N2O4/c1-17-5-7-18(8-6-17)25-27-23(15-19-9-12-22(31-3)16-24(19)32-4)26(29)28(25)20-10-13-21(30-2)14-11-20/h5-16H,1-4H3/b23-15+. The van der Waals surface area contributed by atoms with Crippen molar-refractivity contribution in [3.05, 3.63) is 89.1 Å². The van der Waals surface area contributed by atoms with E-state index < -0.39 is 0 Å². The number of aliphatic imine (C=N–C) groups is 1. The first-order valence-electron chi connectivity index (χ1n) is 10.1. The van der Waals surface area contributed by atoms with Gasteiger partial charge < -0.3 is 14.2 Å². The van der Waals surface area contributed by atoms with Crippen LogP contribution < -0.4 is 19.1 Å². The maximum Gasteiger partial charge on any atom is 0.282 e. The lowest BCUT2D eigenvalue weighted by Gasteiger charge is -2.19. The topological polar surface area (TPSA) is 60.4 Å². The quantitative estimate of drug-likeness (QED) is 0.527. The SMILES string of the molecule is COc1ccc(N2C(=O)/C(=C\c3ccc(OC)cc3OC)N=C2c2ccc(C)cc2)cc1. The molecule has 0 aromatic heterocycles. The van der Waals surface area contributed by atoms with Crippen LogP contribution in [0.3, 0.4) is 0 Å². The molecule has 0 radical (unpaired) electrons. The highest BCUT2D eigenvalue weighted by Crippen LogP contribution is 2.32. The monoisotopic (exact) mass is 428 g/mol. The van der Waals surface area contributed by atoms with E-state index in [1.807, 2.05) is 67.6 Å². The highest BCUT2D eigenvalue weighted by atomic mass is 16.5. The minimum atomic E-state index is -0.219. The summed E-state index contributed by atoms with van der Waals surface area (Å²) < 4.78 is 16.0. The zero-order valence-corrected chi connectivity index (χ0v) is 18.5. The van der Waals surface area contributed by atoms with Crippen LogP contribution in [0.1, 0.15) is 16.7 Å². The second kappa shape index (κ2) is 8.98. The number of benzene rings is 3. The van der Waals surface area contributed by atoms with E-state index in [-0.39, 0.29) is 5.91 Å². The zero-order chi connectivity index (χ0) is 22.7. The molecule has 1 amide bonds. The Morgan fingerprint density at radius 2 is 1.47 bits per heavy atom. The zero-order valence-electron chi connectivity index (χ0n) is 18.5. The Balaban J connectivity index is 1.81. The van der Waals surface area contributed by atoms with Crippen molar-refractivity contribution in [2.75, 3.05) is 26.2 Å². The molecule has 0 bridgehead atoms. The van der Waals surface area contributed by atoms with Crippen LogP contribution in [-0.2, 0) is 4.79 Å². The molecule has 6 heteroatoms. The number of carbonyl (C=O) groups excluding carboxylic acids is 1. The number of carbonyl (C=O) groups is 1. The molecule has 1 heterocycles. The summed E-state index contributed by atoms with van der Waals surface area (Å²) in [5, 5.41) is 0. The van der Waals surface area contributed by atoms with Gasteiger partial charge in [0.05, 0.1) is 27.0 Å². The molecule has 0 N–H and O–H groups in total. The highest BCUT2D eigenvalue weighted by molar-refractivity contribution is 6.33. The van der Waals surface area contributed by atoms with Gasteiger partial charge in [0.25, 0.3) is 5.91 Å². The van der Waals surface area contributed by atoms with Gasteiger partial charge in [0, 0.05) is 17.2 Å². The number of hydrogen-bond acceptors (Lipinski definition) is 5. The van der Waals surface area contributed by atoms with Crippen LogP contribution in [0.5, 0.6) is 17.2 Å². The van der Waals surface area contributed by atoms with E-state index in [1.54, 1.807) is 38.4 Å². The van der Waals surface area contributed by atoms with Crippen LogP contribution in [0.25, 0.3) is 6.08 Å². The molecule has 0 spiro atoms. The summed E-state index contributed by atoms with van der Waals surface area (Å²) in [6, 6.07) is 20.7. The fourth-order valence-electron chi connectivity index (χ4n) is 3.47. The lowest BCUT2D eigenvalue weighted by molar-refractivity contribution is -0.113. The molecule has 1 aliphatic heterocycles. The summed E-state index contributed by atoms with van der Waals surface area (Å²) in [7, 11) is 4.79. The third-order valence-corrected chi connectivity index (χ3v) is 5.23. The molecule has 0 atom stereocenters. The molecule has 3 aromatic rings. The third-order valence-electron chi connectivity index (χ3n) is 5.23. The molecular formula is C26H24N2O4. The number of amides is 1. The third kappa shape index (κ3) is 4.07. The predicted octanol–water partition coefficient (Wildman–Crippen LogP) is 4.86. The van der Waals surface area contributed by atoms with Crippen LogP contribution in [0.4, 0.5) is 5.69 Å². The Hall–Kier alpha value is -4.06. The van der Waals surface area contributed by atoms with E-state index in [0.29, 0.717) is 34.5 Å². The van der Waals surface area contributed by atoms with Crippen molar-refractivity contribution in [2.45, 2.75) is 6.92 Å². The summed E-state index contributed by atoms with van der Waals surface area (Å²) in [6.07, 6.45) is 1.73. The van der Waals surface area contributed by atoms with Crippen molar-refractivity contribution in [2.24, 2.45) is 4.99 Å². The number of ether oxygens (including phenoxy) is 3. The minimum absolute atomic E-state index is 0.219. The fourth-order valence-corrected chi connectivity index (χ4v) is 3.47. The Labute approximate surface area is 187 Å². The summed E-state index contributed by atoms with van der Waals surface area (Å²) in [5.74, 6) is 2.33. The molecule has 3 aromatic carbocycles. The molecule has 0 unspecified atom stereocenters. The summed E-state index contributed by atoms with van der Waals surface area (Å²) >= 11 is 0. The Kier molecular flexibility index (Phi) is 5.94. The van der Waals surface area contributed by atoms with E-state index in [4.69, 9.17) is 19.2 Å². The van der Waals surface area contributed by atoms with Gasteiger partial charge in [-0.05, 0) is 49.4 Å². The maximum atomic E-state index is 13.5. The van der Waals surface area contributed by atoms with Crippen molar-refractivity contribution in [1.29, 1.82) is 0 Å². The van der Waals surface area contributed by atoms with Crippen LogP contribution in [0.2, 0.25) is 0 Å². The number of nitrogens with zero attached hydrogens (tertiary/aromatic N) is 2. The van der Waals surface area contributed by atoms with Crippen molar-refractivity contribution in [1.82, 2.24) is 0 Å². The lowest BCUT2D eigenvalue weighted by Crippen LogP contribution is -2.32. The first kappa shape index (κ1) is 21.2. The number of hydrogen-bond donors (Lipinski definition) is 0. The van der Waals surface area contributed by atoms with E-state index >= 15 is 0 Å². The Bertz CT molecular complexity index is 1200. The first-order chi connectivity index (χ1) is 15.5. The van der Waals surface area contributed by atoms with Crippen molar-refractivity contribution in [3.8, 4) is 17.2 Å². The van der Waals surface area contributed by atoms with Crippen LogP contribution in [-0.4, -0.2) is 33.1 Å². The van der Waals surface area contributed by atoms with Gasteiger partial charge in [-0.15, -0.1) is 0 Å². The van der Waals surface area contributed by atoms with Crippen molar-refractivity contribution >= 4 is 23.5 Å². The molecule has 0 fully saturated rings. The second-order valence-corrected chi connectivity index (χ2v) is 7.28. The maximum absolute atomic E-state index is 13.5. The predicted molar refractivity (Wildman–Crippen MR) is 126 cm³/mol. The molecule has 0 aliphatic carbocycles. The largest absolute Gasteiger partial charge is 0.497 e. The lowest BCUT2D eigenvalue weighted by atomic mass is 10.1. The average Bonchev–Trinajstić information content (AvgIpc) is 3.15. The van der Waals surface area contributed by atoms with Crippen LogP contribution in [0.15, 0.2) is 77.4 Å². The van der Waals surface area contributed by atoms with Gasteiger partial charge in [0.15, 0.2) is 0 Å². The van der Waals surface area contributed by atoms with E-state index in [0.717, 1.165) is 16.7 Å². The number of aryl methyl sites for hydroxylation is 1. The fraction of sp³-hybridized carbons (Fsp3) is 0.154. The van der Waals surface area contributed by atoms with Gasteiger partial charge >= 0.3 is 0 Å². The van der Waals surface area contributed by atoms with Gasteiger partial charge in [-0.1, -0.05) is 29.8 Å². The van der Waals surface area contributed by atoms with Gasteiger partial charge in [0.1, 0.15) is 28.8 Å². The van der Waals surface area contributed by atoms with Crippen molar-refractivity contribution in [3.63, 3.8) is 0 Å². The minimum Gasteiger partial charge on any atom is -0.497 e. The van der Waals surface area contributed by atoms with Gasteiger partial charge in [-0.3, -0.25) is 9.69 Å². The first-order valence-corrected chi connectivity index (χ1v) is 10.1. The van der Waals surface area contributed by atoms with Crippen molar-refractivity contribution < 1.29 is 19.0 Å². The van der Waals surface area contributed by atoms with E-state index in [9.17, 15) is 4.79 Å². The van der Waals surface area contributed by atoms with Crippen LogP contribution in [0, 0.1) is 6.92 Å².